The minimum atomic E-state index is 0. The van der Waals surface area contributed by atoms with Gasteiger partial charge in [0.05, 0.1) is 0 Å². The van der Waals surface area contributed by atoms with Gasteiger partial charge in [-0.1, -0.05) is 46.0 Å². The van der Waals surface area contributed by atoms with Gasteiger partial charge in [0.2, 0.25) is 0 Å². The van der Waals surface area contributed by atoms with E-state index in [1.54, 1.807) is 0 Å². The number of rotatable bonds is 4. The second-order valence-electron chi connectivity index (χ2n) is 1.91. The van der Waals surface area contributed by atoms with Crippen LogP contribution in [0.1, 0.15) is 39.0 Å². The van der Waals surface area contributed by atoms with Crippen molar-refractivity contribution in [2.75, 3.05) is 0 Å². The summed E-state index contributed by atoms with van der Waals surface area (Å²) < 4.78 is 0. The minimum Gasteiger partial charge on any atom is -1.00 e. The van der Waals surface area contributed by atoms with Gasteiger partial charge in [-0.05, 0) is 0 Å². The molecule has 0 aliphatic carbocycles. The van der Waals surface area contributed by atoms with E-state index in [-0.39, 0.29) is 70.9 Å². The molecule has 0 aromatic rings. The van der Waals surface area contributed by atoms with Crippen LogP contribution in [-0.4, -0.2) is 0 Å². The van der Waals surface area contributed by atoms with Gasteiger partial charge in [-0.25, -0.2) is 0 Å². The van der Waals surface area contributed by atoms with E-state index in [2.05, 4.69) is 13.8 Å². The molecule has 1 radical (unpaired) electrons. The van der Waals surface area contributed by atoms with Crippen molar-refractivity contribution < 1.29 is 70.9 Å². The van der Waals surface area contributed by atoms with Crippen LogP contribution in [0.3, 0.4) is 0 Å². The van der Waals surface area contributed by atoms with Gasteiger partial charge < -0.3 is 24.0 Å². The predicted molar refractivity (Wildman–Crippen MR) is 34.1 cm³/mol. The van der Waals surface area contributed by atoms with Crippen molar-refractivity contribution in [3.05, 3.63) is 6.92 Å². The van der Waals surface area contributed by atoms with Gasteiger partial charge in [0.1, 0.15) is 0 Å². The molecule has 0 aromatic carbocycles. The van der Waals surface area contributed by atoms with Crippen molar-refractivity contribution in [3.63, 3.8) is 0 Å². The second-order valence-corrected chi connectivity index (χ2v) is 1.91. The largest absolute Gasteiger partial charge is 1.00 e. The maximum absolute atomic E-state index is 3.76. The molecular weight excluding hydrogens is 384 g/mol. The van der Waals surface area contributed by atoms with Crippen molar-refractivity contribution in [2.45, 2.75) is 39.0 Å². The maximum Gasteiger partial charge on any atom is 0 e. The molecule has 0 saturated carbocycles. The Morgan fingerprint density at radius 2 is 1.67 bits per heavy atom. The third-order valence-corrected chi connectivity index (χ3v) is 1.10. The molecule has 0 heterocycles. The molecule has 0 aliphatic heterocycles. The molecule has 0 bridgehead atoms. The van der Waals surface area contributed by atoms with Gasteiger partial charge >= 0.3 is 0 Å². The van der Waals surface area contributed by atoms with Crippen LogP contribution in [0.5, 0.6) is 0 Å². The zero-order chi connectivity index (χ0) is 5.54. The number of unbranched alkanes of at least 4 members (excludes halogenated alkanes) is 4. The van der Waals surface area contributed by atoms with Crippen LogP contribution in [0, 0.1) is 53.8 Å². The van der Waals surface area contributed by atoms with Gasteiger partial charge in [0, 0.05) is 46.9 Å². The van der Waals surface area contributed by atoms with Crippen LogP contribution < -0.4 is 24.0 Å². The summed E-state index contributed by atoms with van der Waals surface area (Å²) in [5.74, 6) is 0. The quantitative estimate of drug-likeness (QED) is 0.454. The van der Waals surface area contributed by atoms with E-state index in [0.29, 0.717) is 0 Å². The summed E-state index contributed by atoms with van der Waals surface area (Å²) in [4.78, 5) is 0. The van der Waals surface area contributed by atoms with Crippen molar-refractivity contribution in [2.24, 2.45) is 0 Å². The van der Waals surface area contributed by atoms with E-state index in [9.17, 15) is 0 Å². The molecule has 2 heteroatoms. The maximum atomic E-state index is 3.76. The van der Waals surface area contributed by atoms with Gasteiger partial charge in [-0.15, -0.1) is 0 Å². The van der Waals surface area contributed by atoms with Crippen LogP contribution in [0.25, 0.3) is 0 Å². The predicted octanol–water partition coefficient (Wildman–Crippen LogP) is -0.205. The monoisotopic (exact) mass is 400 g/mol. The summed E-state index contributed by atoms with van der Waals surface area (Å²) in [6.07, 6.45) is 6.52. The standard InChI is InChI=1S/C7H15.HI.Yb/c1-3-5-7-6-4-2;;/h1,3-7H2,2H3;1H;/p-1. The first-order valence-corrected chi connectivity index (χ1v) is 3.21. The van der Waals surface area contributed by atoms with Crippen molar-refractivity contribution in [1.82, 2.24) is 0 Å². The first-order valence-electron chi connectivity index (χ1n) is 3.21. The molecule has 9 heavy (non-hydrogen) atoms. The second kappa shape index (κ2) is 16.7. The van der Waals surface area contributed by atoms with E-state index >= 15 is 0 Å². The number of halogens is 1. The van der Waals surface area contributed by atoms with Crippen LogP contribution in [-0.2, 0) is 0 Å². The zero-order valence-electron chi connectivity index (χ0n) is 5.89. The summed E-state index contributed by atoms with van der Waals surface area (Å²) in [7, 11) is 0. The van der Waals surface area contributed by atoms with Crippen LogP contribution in [0.4, 0.5) is 0 Å². The third kappa shape index (κ3) is 17.9. The first-order chi connectivity index (χ1) is 3.41. The fourth-order valence-corrected chi connectivity index (χ4v) is 0.604. The van der Waals surface area contributed by atoms with E-state index in [4.69, 9.17) is 0 Å². The Labute approximate surface area is 115 Å². The van der Waals surface area contributed by atoms with Crippen molar-refractivity contribution >= 4 is 0 Å². The molecule has 0 spiro atoms. The molecule has 0 rings (SSSR count). The zero-order valence-corrected chi connectivity index (χ0v) is 9.76. The normalized spacial score (nSPS) is 7.33. The summed E-state index contributed by atoms with van der Waals surface area (Å²) >= 11 is 0. The summed E-state index contributed by atoms with van der Waals surface area (Å²) in [6, 6.07) is 0. The molecule has 0 aliphatic rings. The molecule has 0 saturated heterocycles. The Morgan fingerprint density at radius 3 is 2.00 bits per heavy atom. The van der Waals surface area contributed by atoms with Crippen LogP contribution >= 0.6 is 0 Å². The Kier molecular flexibility index (Phi) is 32.2. The van der Waals surface area contributed by atoms with Gasteiger partial charge in [-0.3, -0.25) is 0 Å². The van der Waals surface area contributed by atoms with Crippen molar-refractivity contribution in [3.8, 4) is 0 Å². The molecule has 0 atom stereocenters. The third-order valence-electron chi connectivity index (χ3n) is 1.10. The van der Waals surface area contributed by atoms with Gasteiger partial charge in [-0.2, -0.15) is 0 Å². The Morgan fingerprint density at radius 1 is 1.11 bits per heavy atom. The Hall–Kier alpha value is 2.25. The summed E-state index contributed by atoms with van der Waals surface area (Å²) in [6.45, 7) is 5.98. The Balaban J connectivity index is -0.000000180. The molecule has 0 N–H and O–H groups in total. The molecule has 0 nitrogen and oxygen atoms in total. The first kappa shape index (κ1) is 17.4. The fraction of sp³-hybridized carbons (Fsp3) is 0.857. The summed E-state index contributed by atoms with van der Waals surface area (Å²) in [5, 5.41) is 0. The van der Waals surface area contributed by atoms with E-state index in [1.165, 1.54) is 25.7 Å². The molecule has 0 amide bonds. The average Bonchev–Trinajstić information content (AvgIpc) is 1.69. The minimum absolute atomic E-state index is 0. The van der Waals surface area contributed by atoms with E-state index in [0.717, 1.165) is 6.42 Å². The summed E-state index contributed by atoms with van der Waals surface area (Å²) in [5.41, 5.74) is 0. The number of hydrogen-bond acceptors (Lipinski definition) is 0. The molecule has 0 aromatic heterocycles. The van der Waals surface area contributed by atoms with Gasteiger partial charge in [0.15, 0.2) is 0 Å². The topological polar surface area (TPSA) is 0 Å². The number of hydrogen-bond donors (Lipinski definition) is 0. The molecule has 0 unspecified atom stereocenters. The van der Waals surface area contributed by atoms with Gasteiger partial charge in [0.25, 0.3) is 0 Å². The molecule has 0 fully saturated rings. The smallest absolute Gasteiger partial charge is 0 e. The van der Waals surface area contributed by atoms with E-state index < -0.39 is 0 Å². The van der Waals surface area contributed by atoms with Crippen LogP contribution in [0.15, 0.2) is 0 Å². The SMILES string of the molecule is [CH2]CCCCCC.[I-].[Yb]. The molecule has 65 valence electrons. The van der Waals surface area contributed by atoms with E-state index in [1.807, 2.05) is 0 Å². The Bertz CT molecular complexity index is 28.1. The fourth-order valence-electron chi connectivity index (χ4n) is 0.604. The van der Waals surface area contributed by atoms with Crippen molar-refractivity contribution in [1.29, 1.82) is 0 Å². The average molecular weight is 399 g/mol. The van der Waals surface area contributed by atoms with Crippen LogP contribution in [0.2, 0.25) is 0 Å². The molecular formula is C7H15IYb-.